The summed E-state index contributed by atoms with van der Waals surface area (Å²) in [6.07, 6.45) is 7.53. The van der Waals surface area contributed by atoms with Crippen LogP contribution in [0.1, 0.15) is 0 Å². The molecule has 0 amide bonds. The molecule has 0 heterocycles. The topological polar surface area (TPSA) is 25.6 Å². The van der Waals surface area contributed by atoms with E-state index in [1.54, 1.807) is 0 Å². The lowest BCUT2D eigenvalue weighted by atomic mass is 10.1. The van der Waals surface area contributed by atoms with Crippen molar-refractivity contribution >= 4 is 5.71 Å². The van der Waals surface area contributed by atoms with Gasteiger partial charge >= 0.3 is 0 Å². The summed E-state index contributed by atoms with van der Waals surface area (Å²) in [7, 11) is 0. The van der Waals surface area contributed by atoms with Crippen LogP contribution in [0.4, 0.5) is 0 Å². The SMILES string of the molecule is C=C1C=CC=CC1=[NH2+]. The maximum absolute atomic E-state index is 5.46. The quantitative estimate of drug-likeness (QED) is 0.445. The van der Waals surface area contributed by atoms with Crippen molar-refractivity contribution in [1.82, 2.24) is 0 Å². The van der Waals surface area contributed by atoms with Crippen molar-refractivity contribution in [3.8, 4) is 0 Å². The summed E-state index contributed by atoms with van der Waals surface area (Å²) in [6.45, 7) is 3.70. The third-order valence-corrected chi connectivity index (χ3v) is 1.06. The molecule has 1 aliphatic rings. The molecular formula is C7H8N+. The van der Waals surface area contributed by atoms with Gasteiger partial charge in [0.05, 0.1) is 0 Å². The minimum absolute atomic E-state index is 0.757. The fourth-order valence-corrected chi connectivity index (χ4v) is 0.534. The van der Waals surface area contributed by atoms with Crippen molar-refractivity contribution in [1.29, 1.82) is 0 Å². The number of hydrogen-bond donors (Lipinski definition) is 1. The van der Waals surface area contributed by atoms with Crippen molar-refractivity contribution in [3.05, 3.63) is 36.5 Å². The van der Waals surface area contributed by atoms with Crippen LogP contribution < -0.4 is 5.41 Å². The Labute approximate surface area is 48.5 Å². The van der Waals surface area contributed by atoms with Crippen LogP contribution in [-0.2, 0) is 0 Å². The molecule has 1 nitrogen and oxygen atoms in total. The zero-order chi connectivity index (χ0) is 5.98. The number of nitrogens with two attached hydrogens (primary N) is 1. The van der Waals surface area contributed by atoms with Crippen LogP contribution in [0.25, 0.3) is 0 Å². The highest BCUT2D eigenvalue weighted by atomic mass is 14.4. The van der Waals surface area contributed by atoms with Gasteiger partial charge in [0.25, 0.3) is 0 Å². The van der Waals surface area contributed by atoms with E-state index < -0.39 is 0 Å². The molecule has 2 N–H and O–H groups in total. The third kappa shape index (κ3) is 0.757. The highest BCUT2D eigenvalue weighted by Crippen LogP contribution is 1.99. The fourth-order valence-electron chi connectivity index (χ4n) is 0.534. The van der Waals surface area contributed by atoms with Crippen LogP contribution in [0.15, 0.2) is 36.5 Å². The lowest BCUT2D eigenvalue weighted by Crippen LogP contribution is -2.39. The van der Waals surface area contributed by atoms with Gasteiger partial charge in [0.1, 0.15) is 0 Å². The molecule has 0 aromatic heterocycles. The maximum Gasteiger partial charge on any atom is 0.203 e. The van der Waals surface area contributed by atoms with Crippen LogP contribution in [0, 0.1) is 0 Å². The molecule has 1 rings (SSSR count). The number of rotatable bonds is 0. The number of allylic oxidation sites excluding steroid dienone is 5. The van der Waals surface area contributed by atoms with Crippen LogP contribution in [0.5, 0.6) is 0 Å². The molecule has 0 atom stereocenters. The molecule has 1 heteroatoms. The second-order valence-electron chi connectivity index (χ2n) is 1.70. The Kier molecular flexibility index (Phi) is 1.12. The van der Waals surface area contributed by atoms with Crippen LogP contribution in [0.2, 0.25) is 0 Å². The molecule has 8 heavy (non-hydrogen) atoms. The van der Waals surface area contributed by atoms with Gasteiger partial charge in [-0.05, 0) is 6.08 Å². The molecule has 40 valence electrons. The summed E-state index contributed by atoms with van der Waals surface area (Å²) < 4.78 is 0. The van der Waals surface area contributed by atoms with Gasteiger partial charge in [0.15, 0.2) is 0 Å². The summed E-state index contributed by atoms with van der Waals surface area (Å²) in [5.74, 6) is 0. The summed E-state index contributed by atoms with van der Waals surface area (Å²) in [4.78, 5) is 0. The molecule has 0 saturated carbocycles. The summed E-state index contributed by atoms with van der Waals surface area (Å²) in [5, 5.41) is 5.46. The van der Waals surface area contributed by atoms with Gasteiger partial charge in [-0.15, -0.1) is 0 Å². The number of hydrogen-bond acceptors (Lipinski definition) is 0. The second-order valence-corrected chi connectivity index (χ2v) is 1.70. The van der Waals surface area contributed by atoms with E-state index in [1.165, 1.54) is 0 Å². The van der Waals surface area contributed by atoms with Crippen molar-refractivity contribution in [2.45, 2.75) is 0 Å². The largest absolute Gasteiger partial charge is 0.254 e. The summed E-state index contributed by atoms with van der Waals surface area (Å²) >= 11 is 0. The Morgan fingerprint density at radius 1 is 1.25 bits per heavy atom. The van der Waals surface area contributed by atoms with Gasteiger partial charge in [-0.25, -0.2) is 0 Å². The van der Waals surface area contributed by atoms with Crippen molar-refractivity contribution in [2.75, 3.05) is 0 Å². The fraction of sp³-hybridized carbons (Fsp3) is 0. The standard InChI is InChI=1S/C7H7N/c1-6-4-2-3-5-7(6)8/h2-5,8H,1H2/p+1. The van der Waals surface area contributed by atoms with Gasteiger partial charge in [0.2, 0.25) is 5.71 Å². The van der Waals surface area contributed by atoms with E-state index in [2.05, 4.69) is 6.58 Å². The van der Waals surface area contributed by atoms with Crippen LogP contribution in [-0.4, -0.2) is 5.71 Å². The Bertz CT molecular complexity index is 163. The zero-order valence-corrected chi connectivity index (χ0v) is 4.59. The Morgan fingerprint density at radius 3 is 2.25 bits per heavy atom. The van der Waals surface area contributed by atoms with Crippen molar-refractivity contribution in [3.63, 3.8) is 0 Å². The average Bonchev–Trinajstić information content (AvgIpc) is 1.77. The van der Waals surface area contributed by atoms with E-state index in [9.17, 15) is 0 Å². The normalized spacial score (nSPS) is 17.5. The first-order chi connectivity index (χ1) is 3.80. The highest BCUT2D eigenvalue weighted by molar-refractivity contribution is 6.06. The molecule has 0 saturated heterocycles. The Balaban J connectivity index is 2.89. The predicted molar refractivity (Wildman–Crippen MR) is 34.4 cm³/mol. The molecule has 0 aromatic carbocycles. The molecule has 0 bridgehead atoms. The predicted octanol–water partition coefficient (Wildman–Crippen LogP) is -0.131. The lowest BCUT2D eigenvalue weighted by Gasteiger charge is -1.92. The first kappa shape index (κ1) is 5.04. The maximum atomic E-state index is 5.46. The molecule has 0 fully saturated rings. The van der Waals surface area contributed by atoms with Crippen molar-refractivity contribution in [2.24, 2.45) is 0 Å². The van der Waals surface area contributed by atoms with E-state index in [0.717, 1.165) is 11.3 Å². The monoisotopic (exact) mass is 106 g/mol. The second kappa shape index (κ2) is 1.78. The first-order valence-corrected chi connectivity index (χ1v) is 2.47. The first-order valence-electron chi connectivity index (χ1n) is 2.47. The van der Waals surface area contributed by atoms with Gasteiger partial charge in [-0.1, -0.05) is 18.7 Å². The van der Waals surface area contributed by atoms with E-state index in [1.807, 2.05) is 24.3 Å². The van der Waals surface area contributed by atoms with Crippen molar-refractivity contribution < 1.29 is 5.41 Å². The van der Waals surface area contributed by atoms with Gasteiger partial charge < -0.3 is 0 Å². The lowest BCUT2D eigenvalue weighted by molar-refractivity contribution is -0.111. The van der Waals surface area contributed by atoms with Crippen LogP contribution >= 0.6 is 0 Å². The van der Waals surface area contributed by atoms with E-state index >= 15 is 0 Å². The minimum Gasteiger partial charge on any atom is -0.254 e. The molecule has 0 radical (unpaired) electrons. The van der Waals surface area contributed by atoms with Crippen LogP contribution in [0.3, 0.4) is 0 Å². The van der Waals surface area contributed by atoms with Gasteiger partial charge in [-0.3, -0.25) is 5.41 Å². The van der Waals surface area contributed by atoms with Gasteiger partial charge in [-0.2, -0.15) is 0 Å². The molecule has 0 aromatic rings. The smallest absolute Gasteiger partial charge is 0.203 e. The minimum atomic E-state index is 0.757. The average molecular weight is 106 g/mol. The molecule has 1 aliphatic carbocycles. The Hall–Kier alpha value is -1.11. The van der Waals surface area contributed by atoms with Gasteiger partial charge in [0, 0.05) is 11.6 Å². The Morgan fingerprint density at radius 2 is 1.88 bits per heavy atom. The molecule has 0 unspecified atom stereocenters. The zero-order valence-electron chi connectivity index (χ0n) is 4.59. The highest BCUT2D eigenvalue weighted by Gasteiger charge is 2.00. The molecule has 0 spiro atoms. The molecule has 0 aliphatic heterocycles. The van der Waals surface area contributed by atoms with E-state index in [-0.39, 0.29) is 0 Å². The third-order valence-electron chi connectivity index (χ3n) is 1.06. The summed E-state index contributed by atoms with van der Waals surface area (Å²) in [5.41, 5.74) is 1.65. The molecular weight excluding hydrogens is 98.1 g/mol. The van der Waals surface area contributed by atoms with E-state index in [4.69, 9.17) is 5.41 Å². The summed E-state index contributed by atoms with van der Waals surface area (Å²) in [6, 6.07) is 0. The van der Waals surface area contributed by atoms with E-state index in [0.29, 0.717) is 0 Å².